The number of phenols is 1. The van der Waals surface area contributed by atoms with Crippen LogP contribution in [-0.4, -0.2) is 22.8 Å². The minimum Gasteiger partial charge on any atom is -0.507 e. The highest BCUT2D eigenvalue weighted by Crippen LogP contribution is 2.40. The molecule has 0 amide bonds. The third-order valence-electron chi connectivity index (χ3n) is 5.25. The Labute approximate surface area is 207 Å². The summed E-state index contributed by atoms with van der Waals surface area (Å²) in [5, 5.41) is 10.5. The normalized spacial score (nSPS) is 11.6. The number of aryl methyl sites for hydroxylation is 1. The van der Waals surface area contributed by atoms with Crippen LogP contribution in [-0.2, 0) is 31.6 Å². The molecular weight excluding hydrogens is 432 g/mol. The second kappa shape index (κ2) is 14.5. The molecule has 0 spiro atoms. The highest BCUT2D eigenvalue weighted by Gasteiger charge is 2.26. The molecule has 0 aliphatic heterocycles. The maximum absolute atomic E-state index is 11.1. The fraction of sp³-hybridized carbons (Fsp3) is 0.643. The van der Waals surface area contributed by atoms with Crippen LogP contribution in [0.15, 0.2) is 24.8 Å². The highest BCUT2D eigenvalue weighted by atomic mass is 32.1. The topological polar surface area (TPSA) is 63.6 Å². The molecule has 0 atom stereocenters. The molecule has 0 radical (unpaired) electrons. The average Bonchev–Trinajstić information content (AvgIpc) is 2.67. The van der Waals surface area contributed by atoms with E-state index in [2.05, 4.69) is 74.6 Å². The Balaban J connectivity index is 0.000000684. The molecule has 0 unspecified atom stereocenters. The molecule has 0 heterocycles. The summed E-state index contributed by atoms with van der Waals surface area (Å²) in [6.45, 7) is 20.8. The van der Waals surface area contributed by atoms with E-state index in [4.69, 9.17) is 4.74 Å². The fourth-order valence-electron chi connectivity index (χ4n) is 3.30. The number of hydrogen-bond acceptors (Lipinski definition) is 4. The van der Waals surface area contributed by atoms with E-state index in [1.54, 1.807) is 0 Å². The summed E-state index contributed by atoms with van der Waals surface area (Å²) < 4.78 is 4.84. The van der Waals surface area contributed by atoms with Crippen LogP contribution < -0.4 is 0 Å². The van der Waals surface area contributed by atoms with Crippen LogP contribution in [0.2, 0.25) is 0 Å². The molecule has 5 heteroatoms. The molecule has 0 saturated carbocycles. The van der Waals surface area contributed by atoms with Crippen LogP contribution in [0.1, 0.15) is 104 Å². The van der Waals surface area contributed by atoms with Crippen molar-refractivity contribution in [1.82, 2.24) is 0 Å². The molecule has 0 saturated heterocycles. The zero-order chi connectivity index (χ0) is 25.8. The Morgan fingerprint density at radius 2 is 1.55 bits per heavy atom. The molecule has 4 nitrogen and oxygen atoms in total. The van der Waals surface area contributed by atoms with E-state index < -0.39 is 0 Å². The molecule has 0 bridgehead atoms. The van der Waals surface area contributed by atoms with Gasteiger partial charge in [0.25, 0.3) is 0 Å². The van der Waals surface area contributed by atoms with Crippen LogP contribution in [0.5, 0.6) is 5.75 Å². The van der Waals surface area contributed by atoms with Gasteiger partial charge in [-0.05, 0) is 46.3 Å². The zero-order valence-corrected chi connectivity index (χ0v) is 23.0. The number of hydrogen-bond donors (Lipinski definition) is 2. The smallest absolute Gasteiger partial charge is 0.330 e. The van der Waals surface area contributed by atoms with E-state index in [9.17, 15) is 14.7 Å². The number of esters is 1. The summed E-state index contributed by atoms with van der Waals surface area (Å²) in [5.41, 5.74) is 2.69. The van der Waals surface area contributed by atoms with Crippen molar-refractivity contribution in [3.05, 3.63) is 41.5 Å². The highest BCUT2D eigenvalue weighted by molar-refractivity contribution is 7.96. The standard InChI is InChI=1S/C17H26O2S.C11H20O2/c1-16(2,3)12-9-11(7-8-14(18)20)10-13(15(12)19)17(4,5)6;1-4-11(12)13-9-7-5-6-8-10(2)3/h9-10,19H,7-8H2,1-6H3,(H,18,20);4,10H,1,5-9H2,2-3H3. The number of carbonyl (C=O) groups is 2. The summed E-state index contributed by atoms with van der Waals surface area (Å²) >= 11 is 3.83. The van der Waals surface area contributed by atoms with Gasteiger partial charge in [-0.1, -0.05) is 93.4 Å². The zero-order valence-electron chi connectivity index (χ0n) is 22.1. The Morgan fingerprint density at radius 1 is 1.03 bits per heavy atom. The van der Waals surface area contributed by atoms with Crippen LogP contribution in [0.4, 0.5) is 0 Å². The summed E-state index contributed by atoms with van der Waals surface area (Å²) in [7, 11) is 0. The summed E-state index contributed by atoms with van der Waals surface area (Å²) in [6, 6.07) is 4.03. The van der Waals surface area contributed by atoms with Gasteiger partial charge in [-0.25, -0.2) is 4.79 Å². The Bertz CT molecular complexity index is 732. The van der Waals surface area contributed by atoms with E-state index in [1.807, 2.05) is 12.1 Å². The van der Waals surface area contributed by atoms with Crippen molar-refractivity contribution in [2.45, 2.75) is 105 Å². The molecule has 0 aliphatic rings. The summed E-state index contributed by atoms with van der Waals surface area (Å²) in [4.78, 5) is 21.7. The minimum atomic E-state index is -0.316. The predicted molar refractivity (Wildman–Crippen MR) is 142 cm³/mol. The second-order valence-corrected chi connectivity index (χ2v) is 11.5. The average molecular weight is 479 g/mol. The molecule has 1 rings (SSSR count). The predicted octanol–water partition coefficient (Wildman–Crippen LogP) is 7.31. The molecule has 33 heavy (non-hydrogen) atoms. The quantitative estimate of drug-likeness (QED) is 0.160. The lowest BCUT2D eigenvalue weighted by Gasteiger charge is -2.28. The molecule has 0 fully saturated rings. The molecule has 0 aliphatic carbocycles. The van der Waals surface area contributed by atoms with Gasteiger partial charge in [0.15, 0.2) is 5.12 Å². The fourth-order valence-corrected chi connectivity index (χ4v) is 3.41. The molecule has 1 aromatic carbocycles. The first-order chi connectivity index (χ1) is 15.1. The summed E-state index contributed by atoms with van der Waals surface area (Å²) in [5.74, 6) is 0.838. The number of thiol groups is 1. The minimum absolute atomic E-state index is 0.104. The molecular formula is C28H46O4S. The first kappa shape index (κ1) is 31.2. The maximum atomic E-state index is 11.1. The first-order valence-electron chi connectivity index (χ1n) is 12.0. The Hall–Kier alpha value is -1.75. The van der Waals surface area contributed by atoms with Crippen LogP contribution >= 0.6 is 12.6 Å². The van der Waals surface area contributed by atoms with Crippen molar-refractivity contribution >= 4 is 23.7 Å². The van der Waals surface area contributed by atoms with Crippen molar-refractivity contribution in [1.29, 1.82) is 0 Å². The van der Waals surface area contributed by atoms with Gasteiger partial charge in [-0.3, -0.25) is 4.79 Å². The van der Waals surface area contributed by atoms with Crippen molar-refractivity contribution in [2.24, 2.45) is 5.92 Å². The van der Waals surface area contributed by atoms with Gasteiger partial charge < -0.3 is 9.84 Å². The lowest BCUT2D eigenvalue weighted by atomic mass is 9.78. The summed E-state index contributed by atoms with van der Waals surface area (Å²) in [6.07, 6.45) is 6.87. The molecule has 0 aromatic heterocycles. The number of carbonyl (C=O) groups excluding carboxylic acids is 2. The van der Waals surface area contributed by atoms with Crippen LogP contribution in [0, 0.1) is 5.92 Å². The van der Waals surface area contributed by atoms with Gasteiger partial charge in [0.2, 0.25) is 0 Å². The number of unbranched alkanes of at least 4 members (excludes halogenated alkanes) is 2. The Morgan fingerprint density at radius 3 is 1.94 bits per heavy atom. The molecule has 1 N–H and O–H groups in total. The third kappa shape index (κ3) is 13.5. The monoisotopic (exact) mass is 478 g/mol. The van der Waals surface area contributed by atoms with E-state index in [-0.39, 0.29) is 21.9 Å². The number of rotatable bonds is 10. The van der Waals surface area contributed by atoms with Gasteiger partial charge in [0, 0.05) is 12.5 Å². The SMILES string of the molecule is C=CC(=O)OCCCCCC(C)C.CC(C)(C)c1cc(CCC(=O)S)cc(C(C)(C)C)c1O. The van der Waals surface area contributed by atoms with E-state index in [0.29, 0.717) is 25.2 Å². The van der Waals surface area contributed by atoms with Gasteiger partial charge in [0.05, 0.1) is 6.61 Å². The first-order valence-corrected chi connectivity index (χ1v) is 12.4. The molecule has 1 aromatic rings. The van der Waals surface area contributed by atoms with Crippen LogP contribution in [0.25, 0.3) is 0 Å². The van der Waals surface area contributed by atoms with E-state index in [0.717, 1.165) is 35.4 Å². The number of benzene rings is 1. The number of phenolic OH excluding ortho intramolecular Hbond substituents is 1. The third-order valence-corrected chi connectivity index (χ3v) is 5.47. The molecule has 188 valence electrons. The van der Waals surface area contributed by atoms with Gasteiger partial charge in [-0.15, -0.1) is 12.6 Å². The van der Waals surface area contributed by atoms with Gasteiger partial charge >= 0.3 is 5.97 Å². The van der Waals surface area contributed by atoms with E-state index in [1.165, 1.54) is 18.9 Å². The van der Waals surface area contributed by atoms with Gasteiger partial charge in [0.1, 0.15) is 5.75 Å². The van der Waals surface area contributed by atoms with E-state index >= 15 is 0 Å². The van der Waals surface area contributed by atoms with Crippen molar-refractivity contribution in [3.8, 4) is 5.75 Å². The second-order valence-electron chi connectivity index (χ2n) is 11.0. The van der Waals surface area contributed by atoms with Crippen molar-refractivity contribution in [2.75, 3.05) is 6.61 Å². The Kier molecular flexibility index (Phi) is 13.7. The van der Waals surface area contributed by atoms with Crippen molar-refractivity contribution in [3.63, 3.8) is 0 Å². The number of aromatic hydroxyl groups is 1. The van der Waals surface area contributed by atoms with Crippen molar-refractivity contribution < 1.29 is 19.4 Å². The number of ether oxygens (including phenoxy) is 1. The van der Waals surface area contributed by atoms with Gasteiger partial charge in [-0.2, -0.15) is 0 Å². The lowest BCUT2D eigenvalue weighted by molar-refractivity contribution is -0.137. The van der Waals surface area contributed by atoms with Crippen LogP contribution in [0.3, 0.4) is 0 Å². The largest absolute Gasteiger partial charge is 0.507 e. The lowest BCUT2D eigenvalue weighted by Crippen LogP contribution is -2.18. The maximum Gasteiger partial charge on any atom is 0.330 e.